The van der Waals surface area contributed by atoms with Crippen LogP contribution in [0.5, 0.6) is 0 Å². The molecule has 1 aromatic carbocycles. The molecule has 5 nitrogen and oxygen atoms in total. The molecule has 0 saturated carbocycles. The van der Waals surface area contributed by atoms with Crippen LogP contribution in [0.15, 0.2) is 12.1 Å². The first-order valence-electron chi connectivity index (χ1n) is 6.20. The van der Waals surface area contributed by atoms with E-state index in [1.54, 1.807) is 0 Å². The van der Waals surface area contributed by atoms with Crippen LogP contribution in [0.2, 0.25) is 0 Å². The summed E-state index contributed by atoms with van der Waals surface area (Å²) in [6.07, 6.45) is 1.49. The molecule has 0 aliphatic carbocycles. The highest BCUT2D eigenvalue weighted by Gasteiger charge is 2.18. The van der Waals surface area contributed by atoms with Gasteiger partial charge in [0.05, 0.1) is 0 Å². The molecule has 2 rings (SSSR count). The van der Waals surface area contributed by atoms with Gasteiger partial charge in [-0.05, 0) is 25.0 Å². The van der Waals surface area contributed by atoms with Gasteiger partial charge in [-0.25, -0.2) is 13.8 Å². The maximum atomic E-state index is 13.8. The summed E-state index contributed by atoms with van der Waals surface area (Å²) in [6.45, 7) is 3.44. The number of aromatic nitrogens is 3. The molecule has 0 radical (unpaired) electrons. The molecule has 0 aliphatic rings. The molecule has 0 bridgehead atoms. The van der Waals surface area contributed by atoms with E-state index in [1.807, 2.05) is 6.92 Å². The summed E-state index contributed by atoms with van der Waals surface area (Å²) in [4.78, 5) is 15.8. The number of rotatable bonds is 4. The molecule has 20 heavy (non-hydrogen) atoms. The maximum Gasteiger partial charge on any atom is 0.295 e. The summed E-state index contributed by atoms with van der Waals surface area (Å²) in [5.74, 6) is -1.99. The lowest BCUT2D eigenvalue weighted by molar-refractivity contribution is 0.101. The number of benzene rings is 1. The molecular weight excluding hydrogens is 266 g/mol. The van der Waals surface area contributed by atoms with Gasteiger partial charge in [0.25, 0.3) is 5.91 Å². The van der Waals surface area contributed by atoms with Gasteiger partial charge in [-0.15, -0.1) is 5.10 Å². The first-order chi connectivity index (χ1) is 9.52. The van der Waals surface area contributed by atoms with Crippen LogP contribution in [-0.4, -0.2) is 21.1 Å². The number of amides is 1. The predicted octanol–water partition coefficient (Wildman–Crippen LogP) is 2.60. The van der Waals surface area contributed by atoms with Gasteiger partial charge < -0.3 is 5.32 Å². The Morgan fingerprint density at radius 2 is 2.15 bits per heavy atom. The fourth-order valence-electron chi connectivity index (χ4n) is 1.69. The zero-order chi connectivity index (χ0) is 14.7. The number of hydrogen-bond donors (Lipinski definition) is 2. The monoisotopic (exact) mass is 280 g/mol. The summed E-state index contributed by atoms with van der Waals surface area (Å²) < 4.78 is 27.3. The minimum atomic E-state index is -0.842. The molecule has 0 fully saturated rings. The number of aromatic amines is 1. The van der Waals surface area contributed by atoms with E-state index >= 15 is 0 Å². The van der Waals surface area contributed by atoms with E-state index in [4.69, 9.17) is 0 Å². The molecule has 0 aliphatic heterocycles. The van der Waals surface area contributed by atoms with Gasteiger partial charge in [0.2, 0.25) is 5.82 Å². The molecule has 106 valence electrons. The van der Waals surface area contributed by atoms with Gasteiger partial charge >= 0.3 is 0 Å². The van der Waals surface area contributed by atoms with Crippen LogP contribution in [0.25, 0.3) is 0 Å². The second kappa shape index (κ2) is 5.77. The molecule has 2 N–H and O–H groups in total. The Morgan fingerprint density at radius 1 is 1.40 bits per heavy atom. The Morgan fingerprint density at radius 3 is 2.85 bits per heavy atom. The molecule has 1 aromatic heterocycles. The minimum absolute atomic E-state index is 0.145. The normalized spacial score (nSPS) is 10.6. The first kappa shape index (κ1) is 14.1. The number of halogens is 2. The van der Waals surface area contributed by atoms with Crippen molar-refractivity contribution in [2.75, 3.05) is 5.32 Å². The van der Waals surface area contributed by atoms with Crippen molar-refractivity contribution in [2.45, 2.75) is 26.7 Å². The van der Waals surface area contributed by atoms with E-state index in [0.717, 1.165) is 12.5 Å². The minimum Gasteiger partial charge on any atom is -0.314 e. The van der Waals surface area contributed by atoms with Crippen molar-refractivity contribution in [1.29, 1.82) is 0 Å². The van der Waals surface area contributed by atoms with Crippen molar-refractivity contribution in [3.05, 3.63) is 41.0 Å². The number of anilines is 1. The van der Waals surface area contributed by atoms with Crippen LogP contribution in [0, 0.1) is 18.6 Å². The van der Waals surface area contributed by atoms with E-state index in [0.29, 0.717) is 12.2 Å². The van der Waals surface area contributed by atoms with Crippen LogP contribution in [-0.2, 0) is 6.42 Å². The molecule has 0 saturated heterocycles. The molecule has 1 amide bonds. The molecule has 0 unspecified atom stereocenters. The Bertz CT molecular complexity index is 639. The Labute approximate surface area is 114 Å². The average Bonchev–Trinajstić information content (AvgIpc) is 2.88. The molecule has 1 heterocycles. The molecule has 2 aromatic rings. The standard InChI is InChI=1S/C13H14F2N4O/c1-3-4-9-16-12(19-18-9)13(20)17-11-8(14)6-5-7(2)10(11)15/h5-6H,3-4H2,1-2H3,(H,17,20)(H,16,18,19). The topological polar surface area (TPSA) is 70.7 Å². The summed E-state index contributed by atoms with van der Waals surface area (Å²) in [6, 6.07) is 2.39. The molecule has 0 spiro atoms. The summed E-state index contributed by atoms with van der Waals surface area (Å²) in [7, 11) is 0. The van der Waals surface area contributed by atoms with Gasteiger partial charge in [-0.3, -0.25) is 9.89 Å². The van der Waals surface area contributed by atoms with Gasteiger partial charge in [0, 0.05) is 6.42 Å². The van der Waals surface area contributed by atoms with Crippen molar-refractivity contribution in [3.8, 4) is 0 Å². The zero-order valence-electron chi connectivity index (χ0n) is 11.1. The van der Waals surface area contributed by atoms with E-state index in [2.05, 4.69) is 20.5 Å². The lowest BCUT2D eigenvalue weighted by atomic mass is 10.2. The number of carbonyl (C=O) groups is 1. The number of carbonyl (C=O) groups excluding carboxylic acids is 1. The zero-order valence-corrected chi connectivity index (χ0v) is 11.1. The quantitative estimate of drug-likeness (QED) is 0.904. The van der Waals surface area contributed by atoms with E-state index < -0.39 is 23.2 Å². The van der Waals surface area contributed by atoms with Crippen LogP contribution >= 0.6 is 0 Å². The Kier molecular flexibility index (Phi) is 4.07. The van der Waals surface area contributed by atoms with E-state index in [9.17, 15) is 13.6 Å². The smallest absolute Gasteiger partial charge is 0.295 e. The maximum absolute atomic E-state index is 13.8. The summed E-state index contributed by atoms with van der Waals surface area (Å²) >= 11 is 0. The van der Waals surface area contributed by atoms with E-state index in [1.165, 1.54) is 13.0 Å². The predicted molar refractivity (Wildman–Crippen MR) is 69.4 cm³/mol. The fraction of sp³-hybridized carbons (Fsp3) is 0.308. The number of aryl methyl sites for hydroxylation is 2. The third-order valence-corrected chi connectivity index (χ3v) is 2.74. The van der Waals surface area contributed by atoms with E-state index in [-0.39, 0.29) is 11.4 Å². The van der Waals surface area contributed by atoms with Crippen LogP contribution < -0.4 is 5.32 Å². The first-order valence-corrected chi connectivity index (χ1v) is 6.20. The Hall–Kier alpha value is -2.31. The van der Waals surface area contributed by atoms with Gasteiger partial charge in [-0.2, -0.15) is 0 Å². The fourth-order valence-corrected chi connectivity index (χ4v) is 1.69. The third-order valence-electron chi connectivity index (χ3n) is 2.74. The summed E-state index contributed by atoms with van der Waals surface area (Å²) in [5.41, 5.74) is -0.250. The van der Waals surface area contributed by atoms with Gasteiger partial charge in [-0.1, -0.05) is 13.0 Å². The highest BCUT2D eigenvalue weighted by molar-refractivity contribution is 6.01. The van der Waals surface area contributed by atoms with Crippen molar-refractivity contribution >= 4 is 11.6 Å². The number of hydrogen-bond acceptors (Lipinski definition) is 3. The van der Waals surface area contributed by atoms with Crippen LogP contribution in [0.3, 0.4) is 0 Å². The van der Waals surface area contributed by atoms with Gasteiger partial charge in [0.1, 0.15) is 17.3 Å². The number of nitrogens with zero attached hydrogens (tertiary/aromatic N) is 2. The second-order valence-electron chi connectivity index (χ2n) is 4.36. The lowest BCUT2D eigenvalue weighted by Gasteiger charge is -2.07. The SMILES string of the molecule is CCCc1nc(C(=O)Nc2c(F)ccc(C)c2F)n[nH]1. The lowest BCUT2D eigenvalue weighted by Crippen LogP contribution is -2.16. The largest absolute Gasteiger partial charge is 0.314 e. The highest BCUT2D eigenvalue weighted by atomic mass is 19.1. The van der Waals surface area contributed by atoms with Gasteiger partial charge in [0.15, 0.2) is 5.82 Å². The number of nitrogens with one attached hydrogen (secondary N) is 2. The van der Waals surface area contributed by atoms with Crippen molar-refractivity contribution in [2.24, 2.45) is 0 Å². The van der Waals surface area contributed by atoms with Crippen molar-refractivity contribution in [3.63, 3.8) is 0 Å². The average molecular weight is 280 g/mol. The van der Waals surface area contributed by atoms with Crippen LogP contribution in [0.1, 0.15) is 35.4 Å². The molecular formula is C13H14F2N4O. The molecule has 7 heteroatoms. The molecule has 0 atom stereocenters. The summed E-state index contributed by atoms with van der Waals surface area (Å²) in [5, 5.41) is 8.48. The van der Waals surface area contributed by atoms with Crippen LogP contribution in [0.4, 0.5) is 14.5 Å². The Balaban J connectivity index is 2.21. The highest BCUT2D eigenvalue weighted by Crippen LogP contribution is 2.21. The van der Waals surface area contributed by atoms with Crippen molar-refractivity contribution < 1.29 is 13.6 Å². The second-order valence-corrected chi connectivity index (χ2v) is 4.36. The number of H-pyrrole nitrogens is 1. The third kappa shape index (κ3) is 2.81. The van der Waals surface area contributed by atoms with Crippen molar-refractivity contribution in [1.82, 2.24) is 15.2 Å².